The molecule has 3 amide bonds. The van der Waals surface area contributed by atoms with Gasteiger partial charge in [-0.3, -0.25) is 9.48 Å². The molecule has 0 saturated carbocycles. The van der Waals surface area contributed by atoms with E-state index in [2.05, 4.69) is 15.4 Å². The lowest BCUT2D eigenvalue weighted by Gasteiger charge is -2.29. The van der Waals surface area contributed by atoms with E-state index in [1.165, 1.54) is 0 Å². The Morgan fingerprint density at radius 3 is 2.82 bits per heavy atom. The molecular weight excluding hydrogens is 358 g/mol. The van der Waals surface area contributed by atoms with Gasteiger partial charge in [-0.2, -0.15) is 5.10 Å². The fourth-order valence-electron chi connectivity index (χ4n) is 3.38. The van der Waals surface area contributed by atoms with E-state index in [-0.39, 0.29) is 11.9 Å². The lowest BCUT2D eigenvalue weighted by Crippen LogP contribution is -2.43. The van der Waals surface area contributed by atoms with Gasteiger partial charge in [-0.1, -0.05) is 6.07 Å². The van der Waals surface area contributed by atoms with Crippen LogP contribution in [0.15, 0.2) is 30.5 Å². The van der Waals surface area contributed by atoms with Crippen LogP contribution in [-0.4, -0.2) is 61.5 Å². The SMILES string of the molecule is Cc1cccc2nc(C(=O)NCc3cc4n(n3)CCN(C(=O)N(C)C)C4)cn12. The van der Waals surface area contributed by atoms with Crippen LogP contribution in [0.1, 0.15) is 27.6 Å². The molecule has 4 rings (SSSR count). The Labute approximate surface area is 162 Å². The summed E-state index contributed by atoms with van der Waals surface area (Å²) in [6, 6.07) is 7.68. The molecule has 0 spiro atoms. The first-order valence-electron chi connectivity index (χ1n) is 9.17. The summed E-state index contributed by atoms with van der Waals surface area (Å²) in [5, 5.41) is 7.41. The van der Waals surface area contributed by atoms with E-state index >= 15 is 0 Å². The molecule has 3 aromatic heterocycles. The minimum Gasteiger partial charge on any atom is -0.345 e. The first kappa shape index (κ1) is 18.0. The second-order valence-corrected chi connectivity index (χ2v) is 7.15. The van der Waals surface area contributed by atoms with Crippen molar-refractivity contribution in [3.63, 3.8) is 0 Å². The molecule has 3 aromatic rings. The van der Waals surface area contributed by atoms with Crippen LogP contribution in [0.5, 0.6) is 0 Å². The van der Waals surface area contributed by atoms with Crippen LogP contribution in [0, 0.1) is 6.92 Å². The molecule has 0 saturated heterocycles. The lowest BCUT2D eigenvalue weighted by molar-refractivity contribution is 0.0946. The molecule has 1 aliphatic rings. The van der Waals surface area contributed by atoms with E-state index in [1.54, 1.807) is 30.1 Å². The minimum atomic E-state index is -0.238. The molecule has 1 N–H and O–H groups in total. The highest BCUT2D eigenvalue weighted by molar-refractivity contribution is 5.92. The first-order valence-corrected chi connectivity index (χ1v) is 9.17. The number of carbonyl (C=O) groups is 2. The fourth-order valence-corrected chi connectivity index (χ4v) is 3.38. The molecular formula is C19H23N7O2. The van der Waals surface area contributed by atoms with Crippen molar-refractivity contribution in [3.05, 3.63) is 53.2 Å². The minimum absolute atomic E-state index is 0.00977. The molecule has 1 aliphatic heterocycles. The van der Waals surface area contributed by atoms with Crippen LogP contribution in [0.3, 0.4) is 0 Å². The van der Waals surface area contributed by atoms with E-state index in [0.717, 1.165) is 22.7 Å². The molecule has 0 unspecified atom stereocenters. The summed E-state index contributed by atoms with van der Waals surface area (Å²) in [7, 11) is 3.49. The predicted octanol–water partition coefficient (Wildman–Crippen LogP) is 1.27. The summed E-state index contributed by atoms with van der Waals surface area (Å²) < 4.78 is 3.79. The Hall–Kier alpha value is -3.36. The van der Waals surface area contributed by atoms with Crippen molar-refractivity contribution in [3.8, 4) is 0 Å². The number of aromatic nitrogens is 4. The van der Waals surface area contributed by atoms with Crippen molar-refractivity contribution in [1.82, 2.24) is 34.3 Å². The first-order chi connectivity index (χ1) is 13.4. The highest BCUT2D eigenvalue weighted by Gasteiger charge is 2.23. The summed E-state index contributed by atoms with van der Waals surface area (Å²) >= 11 is 0. The van der Waals surface area contributed by atoms with E-state index < -0.39 is 0 Å². The van der Waals surface area contributed by atoms with Gasteiger partial charge in [0.1, 0.15) is 11.3 Å². The highest BCUT2D eigenvalue weighted by Crippen LogP contribution is 2.15. The summed E-state index contributed by atoms with van der Waals surface area (Å²) in [6.07, 6.45) is 1.74. The Balaban J connectivity index is 1.42. The van der Waals surface area contributed by atoms with Crippen LogP contribution in [0.2, 0.25) is 0 Å². The van der Waals surface area contributed by atoms with Crippen molar-refractivity contribution in [2.45, 2.75) is 26.6 Å². The van der Waals surface area contributed by atoms with E-state index in [9.17, 15) is 9.59 Å². The van der Waals surface area contributed by atoms with Crippen LogP contribution in [0.25, 0.3) is 5.65 Å². The number of fused-ring (bicyclic) bond motifs is 2. The zero-order valence-electron chi connectivity index (χ0n) is 16.2. The number of imidazole rings is 1. The van der Waals surface area contributed by atoms with Crippen LogP contribution in [-0.2, 0) is 19.6 Å². The number of rotatable bonds is 3. The van der Waals surface area contributed by atoms with Gasteiger partial charge in [0.25, 0.3) is 5.91 Å². The van der Waals surface area contributed by atoms with Gasteiger partial charge >= 0.3 is 6.03 Å². The molecule has 0 fully saturated rings. The Kier molecular flexibility index (Phi) is 4.50. The van der Waals surface area contributed by atoms with Gasteiger partial charge < -0.3 is 19.5 Å². The summed E-state index contributed by atoms with van der Waals surface area (Å²) in [5.74, 6) is -0.238. The number of carbonyl (C=O) groups excluding carboxylic acids is 2. The van der Waals surface area contributed by atoms with Gasteiger partial charge in [-0.15, -0.1) is 0 Å². The molecule has 0 bridgehead atoms. The van der Waals surface area contributed by atoms with Gasteiger partial charge in [0, 0.05) is 32.5 Å². The average Bonchev–Trinajstić information content (AvgIpc) is 3.29. The standard InChI is InChI=1S/C19H23N7O2/c1-13-5-4-6-17-21-16(12-25(13)17)18(27)20-10-14-9-15-11-24(19(28)23(2)3)7-8-26(15)22-14/h4-6,9,12H,7-8,10-11H2,1-3H3,(H,20,27). The van der Waals surface area contributed by atoms with Gasteiger partial charge in [0.2, 0.25) is 0 Å². The molecule has 9 nitrogen and oxygen atoms in total. The normalized spacial score (nSPS) is 13.5. The number of amides is 3. The molecule has 0 aromatic carbocycles. The number of urea groups is 1. The van der Waals surface area contributed by atoms with Crippen molar-refractivity contribution in [2.24, 2.45) is 0 Å². The Bertz CT molecular complexity index is 1050. The molecule has 28 heavy (non-hydrogen) atoms. The van der Waals surface area contributed by atoms with Gasteiger partial charge in [-0.05, 0) is 25.1 Å². The van der Waals surface area contributed by atoms with Crippen molar-refractivity contribution < 1.29 is 9.59 Å². The maximum atomic E-state index is 12.5. The smallest absolute Gasteiger partial charge is 0.319 e. The number of aryl methyl sites for hydroxylation is 1. The molecule has 4 heterocycles. The molecule has 9 heteroatoms. The zero-order chi connectivity index (χ0) is 19.8. The second-order valence-electron chi connectivity index (χ2n) is 7.15. The molecule has 0 radical (unpaired) electrons. The summed E-state index contributed by atoms with van der Waals surface area (Å²) in [4.78, 5) is 32.4. The van der Waals surface area contributed by atoms with Gasteiger partial charge in [0.05, 0.1) is 31.0 Å². The van der Waals surface area contributed by atoms with Crippen molar-refractivity contribution in [2.75, 3.05) is 20.6 Å². The second kappa shape index (κ2) is 6.99. The van der Waals surface area contributed by atoms with Gasteiger partial charge in [0.15, 0.2) is 0 Å². The molecule has 0 aliphatic carbocycles. The fraction of sp³-hybridized carbons (Fsp3) is 0.368. The Morgan fingerprint density at radius 1 is 1.25 bits per heavy atom. The van der Waals surface area contributed by atoms with Crippen molar-refractivity contribution in [1.29, 1.82) is 0 Å². The average molecular weight is 381 g/mol. The maximum Gasteiger partial charge on any atom is 0.319 e. The summed E-state index contributed by atoms with van der Waals surface area (Å²) in [6.45, 7) is 4.07. The molecule has 0 atom stereocenters. The largest absolute Gasteiger partial charge is 0.345 e. The van der Waals surface area contributed by atoms with Crippen molar-refractivity contribution >= 4 is 17.6 Å². The van der Waals surface area contributed by atoms with E-state index in [1.807, 2.05) is 40.3 Å². The lowest BCUT2D eigenvalue weighted by atomic mass is 10.3. The maximum absolute atomic E-state index is 12.5. The third-order valence-corrected chi connectivity index (χ3v) is 4.86. The number of hydrogen-bond donors (Lipinski definition) is 1. The number of nitrogens with one attached hydrogen (secondary N) is 1. The highest BCUT2D eigenvalue weighted by atomic mass is 16.2. The number of pyridine rings is 1. The topological polar surface area (TPSA) is 87.8 Å². The number of hydrogen-bond acceptors (Lipinski definition) is 4. The Morgan fingerprint density at radius 2 is 2.07 bits per heavy atom. The van der Waals surface area contributed by atoms with Gasteiger partial charge in [-0.25, -0.2) is 9.78 Å². The zero-order valence-corrected chi connectivity index (χ0v) is 16.2. The monoisotopic (exact) mass is 381 g/mol. The predicted molar refractivity (Wildman–Crippen MR) is 103 cm³/mol. The van der Waals surface area contributed by atoms with Crippen LogP contribution >= 0.6 is 0 Å². The van der Waals surface area contributed by atoms with Crippen LogP contribution < -0.4 is 5.32 Å². The third kappa shape index (κ3) is 3.30. The summed E-state index contributed by atoms with van der Waals surface area (Å²) in [5.41, 5.74) is 3.87. The van der Waals surface area contributed by atoms with E-state index in [0.29, 0.717) is 31.9 Å². The van der Waals surface area contributed by atoms with Crippen LogP contribution in [0.4, 0.5) is 4.79 Å². The van der Waals surface area contributed by atoms with E-state index in [4.69, 9.17) is 0 Å². The quantitative estimate of drug-likeness (QED) is 0.740. The molecule has 146 valence electrons. The number of nitrogens with zero attached hydrogens (tertiary/aromatic N) is 6. The third-order valence-electron chi connectivity index (χ3n) is 4.86.